The Morgan fingerprint density at radius 3 is 2.52 bits per heavy atom. The van der Waals surface area contributed by atoms with Crippen LogP contribution in [0.5, 0.6) is 5.75 Å². The van der Waals surface area contributed by atoms with Crippen LogP contribution in [0.3, 0.4) is 0 Å². The van der Waals surface area contributed by atoms with Gasteiger partial charge in [-0.1, -0.05) is 6.92 Å². The minimum Gasteiger partial charge on any atom is -0.494 e. The SMILES string of the molecule is CCOc1ccc(NC(=O)C2(OCC)CCC(C)CC2)cc1C. The summed E-state index contributed by atoms with van der Waals surface area (Å²) in [5.74, 6) is 1.51. The largest absolute Gasteiger partial charge is 0.494 e. The zero-order valence-corrected chi connectivity index (χ0v) is 14.8. The molecule has 4 nitrogen and oxygen atoms in total. The number of rotatable bonds is 6. The van der Waals surface area contributed by atoms with Gasteiger partial charge in [-0.2, -0.15) is 0 Å². The van der Waals surface area contributed by atoms with Gasteiger partial charge >= 0.3 is 0 Å². The number of amides is 1. The molecular formula is C19H29NO3. The van der Waals surface area contributed by atoms with Crippen LogP contribution in [0, 0.1) is 12.8 Å². The van der Waals surface area contributed by atoms with Gasteiger partial charge in [0.15, 0.2) is 0 Å². The van der Waals surface area contributed by atoms with Crippen molar-refractivity contribution in [2.75, 3.05) is 18.5 Å². The summed E-state index contributed by atoms with van der Waals surface area (Å²) in [6, 6.07) is 5.75. The summed E-state index contributed by atoms with van der Waals surface area (Å²) in [7, 11) is 0. The fraction of sp³-hybridized carbons (Fsp3) is 0.632. The molecule has 1 fully saturated rings. The minimum atomic E-state index is -0.673. The van der Waals surface area contributed by atoms with Crippen LogP contribution in [-0.4, -0.2) is 24.7 Å². The van der Waals surface area contributed by atoms with Gasteiger partial charge in [0.2, 0.25) is 0 Å². The molecule has 128 valence electrons. The van der Waals surface area contributed by atoms with Gasteiger partial charge in [0.25, 0.3) is 5.91 Å². The molecule has 1 N–H and O–H groups in total. The lowest BCUT2D eigenvalue weighted by Crippen LogP contribution is -2.48. The van der Waals surface area contributed by atoms with Crippen LogP contribution in [0.2, 0.25) is 0 Å². The topological polar surface area (TPSA) is 47.6 Å². The van der Waals surface area contributed by atoms with Crippen LogP contribution in [-0.2, 0) is 9.53 Å². The van der Waals surface area contributed by atoms with Crippen LogP contribution in [0.25, 0.3) is 0 Å². The van der Waals surface area contributed by atoms with Crippen molar-refractivity contribution in [3.63, 3.8) is 0 Å². The second kappa shape index (κ2) is 7.82. The normalized spacial score (nSPS) is 24.3. The number of benzene rings is 1. The quantitative estimate of drug-likeness (QED) is 0.849. The highest BCUT2D eigenvalue weighted by atomic mass is 16.5. The molecule has 4 heteroatoms. The van der Waals surface area contributed by atoms with E-state index in [2.05, 4.69) is 12.2 Å². The number of hydrogen-bond acceptors (Lipinski definition) is 3. The molecule has 0 atom stereocenters. The first-order valence-corrected chi connectivity index (χ1v) is 8.69. The molecule has 0 radical (unpaired) electrons. The third-order valence-corrected chi connectivity index (χ3v) is 4.65. The molecule has 0 unspecified atom stereocenters. The smallest absolute Gasteiger partial charge is 0.256 e. The first-order chi connectivity index (χ1) is 11.0. The van der Waals surface area contributed by atoms with E-state index in [-0.39, 0.29) is 5.91 Å². The second-order valence-corrected chi connectivity index (χ2v) is 6.48. The van der Waals surface area contributed by atoms with E-state index in [0.717, 1.165) is 42.7 Å². The van der Waals surface area contributed by atoms with E-state index in [4.69, 9.17) is 9.47 Å². The summed E-state index contributed by atoms with van der Waals surface area (Å²) in [4.78, 5) is 12.8. The van der Waals surface area contributed by atoms with Gasteiger partial charge in [-0.05, 0) is 76.1 Å². The van der Waals surface area contributed by atoms with E-state index in [9.17, 15) is 4.79 Å². The number of hydrogen-bond donors (Lipinski definition) is 1. The summed E-state index contributed by atoms with van der Waals surface area (Å²) < 4.78 is 11.5. The number of carbonyl (C=O) groups excluding carboxylic acids is 1. The molecule has 23 heavy (non-hydrogen) atoms. The van der Waals surface area contributed by atoms with Gasteiger partial charge in [0.05, 0.1) is 6.61 Å². The third kappa shape index (κ3) is 4.25. The average molecular weight is 319 g/mol. The lowest BCUT2D eigenvalue weighted by Gasteiger charge is -2.37. The van der Waals surface area contributed by atoms with Gasteiger partial charge < -0.3 is 14.8 Å². The Morgan fingerprint density at radius 1 is 1.26 bits per heavy atom. The first kappa shape index (κ1) is 17.8. The Bertz CT molecular complexity index is 533. The Morgan fingerprint density at radius 2 is 1.96 bits per heavy atom. The number of anilines is 1. The zero-order chi connectivity index (χ0) is 16.9. The fourth-order valence-electron chi connectivity index (χ4n) is 3.23. The molecule has 0 saturated heterocycles. The Balaban J connectivity index is 2.11. The minimum absolute atomic E-state index is 0.0187. The van der Waals surface area contributed by atoms with E-state index in [1.165, 1.54) is 0 Å². The highest BCUT2D eigenvalue weighted by molar-refractivity contribution is 5.97. The Hall–Kier alpha value is -1.55. The van der Waals surface area contributed by atoms with Gasteiger partial charge in [-0.25, -0.2) is 0 Å². The van der Waals surface area contributed by atoms with Crippen LogP contribution < -0.4 is 10.1 Å². The van der Waals surface area contributed by atoms with Crippen LogP contribution >= 0.6 is 0 Å². The maximum atomic E-state index is 12.8. The number of ether oxygens (including phenoxy) is 2. The maximum Gasteiger partial charge on any atom is 0.256 e. The highest BCUT2D eigenvalue weighted by Gasteiger charge is 2.41. The fourth-order valence-corrected chi connectivity index (χ4v) is 3.23. The summed E-state index contributed by atoms with van der Waals surface area (Å²) >= 11 is 0. The summed E-state index contributed by atoms with van der Waals surface area (Å²) in [5, 5.41) is 3.04. The monoisotopic (exact) mass is 319 g/mol. The molecule has 0 spiro atoms. The Labute approximate surface area is 139 Å². The molecule has 1 aliphatic carbocycles. The average Bonchev–Trinajstić information content (AvgIpc) is 2.53. The first-order valence-electron chi connectivity index (χ1n) is 8.69. The molecule has 0 heterocycles. The van der Waals surface area contributed by atoms with Crippen molar-refractivity contribution in [2.45, 2.75) is 59.0 Å². The van der Waals surface area contributed by atoms with E-state index >= 15 is 0 Å². The number of aryl methyl sites for hydroxylation is 1. The van der Waals surface area contributed by atoms with Gasteiger partial charge in [0, 0.05) is 12.3 Å². The van der Waals surface area contributed by atoms with E-state index in [0.29, 0.717) is 19.1 Å². The van der Waals surface area contributed by atoms with Crippen molar-refractivity contribution in [3.8, 4) is 5.75 Å². The maximum absolute atomic E-state index is 12.8. The lowest BCUT2D eigenvalue weighted by molar-refractivity contribution is -0.146. The molecule has 0 aromatic heterocycles. The van der Waals surface area contributed by atoms with Gasteiger partial charge in [0.1, 0.15) is 11.4 Å². The summed E-state index contributed by atoms with van der Waals surface area (Å²) in [6.45, 7) is 9.34. The predicted octanol–water partition coefficient (Wildman–Crippen LogP) is 4.32. The molecule has 1 aromatic rings. The zero-order valence-electron chi connectivity index (χ0n) is 14.8. The van der Waals surface area contributed by atoms with Gasteiger partial charge in [-0.3, -0.25) is 4.79 Å². The van der Waals surface area contributed by atoms with Crippen molar-refractivity contribution in [1.29, 1.82) is 0 Å². The van der Waals surface area contributed by atoms with E-state index in [1.54, 1.807) is 0 Å². The summed E-state index contributed by atoms with van der Waals surface area (Å²) in [6.07, 6.45) is 3.67. The third-order valence-electron chi connectivity index (χ3n) is 4.65. The van der Waals surface area contributed by atoms with Crippen molar-refractivity contribution in [3.05, 3.63) is 23.8 Å². The molecule has 2 rings (SSSR count). The van der Waals surface area contributed by atoms with Gasteiger partial charge in [-0.15, -0.1) is 0 Å². The molecule has 0 aliphatic heterocycles. The molecular weight excluding hydrogens is 290 g/mol. The molecule has 1 aromatic carbocycles. The predicted molar refractivity (Wildman–Crippen MR) is 93.0 cm³/mol. The molecule has 0 bridgehead atoms. The van der Waals surface area contributed by atoms with Crippen molar-refractivity contribution in [1.82, 2.24) is 0 Å². The molecule has 1 saturated carbocycles. The summed E-state index contributed by atoms with van der Waals surface area (Å²) in [5.41, 5.74) is 1.15. The Kier molecular flexibility index (Phi) is 6.05. The van der Waals surface area contributed by atoms with Crippen molar-refractivity contribution in [2.24, 2.45) is 5.92 Å². The van der Waals surface area contributed by atoms with Crippen LogP contribution in [0.1, 0.15) is 52.0 Å². The second-order valence-electron chi connectivity index (χ2n) is 6.48. The van der Waals surface area contributed by atoms with Crippen LogP contribution in [0.15, 0.2) is 18.2 Å². The highest BCUT2D eigenvalue weighted by Crippen LogP contribution is 2.36. The standard InChI is InChI=1S/C19H29NO3/c1-5-22-17-8-7-16(13-15(17)4)20-18(21)19(23-6-2)11-9-14(3)10-12-19/h7-8,13-14H,5-6,9-12H2,1-4H3,(H,20,21). The van der Waals surface area contributed by atoms with Crippen molar-refractivity contribution < 1.29 is 14.3 Å². The number of carbonyl (C=O) groups is 1. The molecule has 1 aliphatic rings. The van der Waals surface area contributed by atoms with Crippen LogP contribution in [0.4, 0.5) is 5.69 Å². The van der Waals surface area contributed by atoms with E-state index < -0.39 is 5.60 Å². The molecule has 1 amide bonds. The lowest BCUT2D eigenvalue weighted by atomic mass is 9.78. The van der Waals surface area contributed by atoms with Crippen molar-refractivity contribution >= 4 is 11.6 Å². The van der Waals surface area contributed by atoms with E-state index in [1.807, 2.05) is 39.0 Å². The number of nitrogens with one attached hydrogen (secondary N) is 1.